The molecule has 2 aromatic carbocycles. The highest BCUT2D eigenvalue weighted by atomic mass is 79.9. The Morgan fingerprint density at radius 2 is 1.84 bits per heavy atom. The summed E-state index contributed by atoms with van der Waals surface area (Å²) in [5.74, 6) is 0. The molecule has 0 spiro atoms. The largest absolute Gasteiger partial charge is 0.398 e. The molecule has 0 aliphatic rings. The summed E-state index contributed by atoms with van der Waals surface area (Å²) in [7, 11) is 0. The maximum Gasteiger partial charge on any atom is 0.0850 e. The highest BCUT2D eigenvalue weighted by Crippen LogP contribution is 2.29. The Bertz CT molecular complexity index is 604. The van der Waals surface area contributed by atoms with E-state index >= 15 is 0 Å². The lowest BCUT2D eigenvalue weighted by Crippen LogP contribution is -2.05. The molecule has 2 rings (SSSR count). The van der Waals surface area contributed by atoms with Crippen molar-refractivity contribution in [1.82, 2.24) is 0 Å². The van der Waals surface area contributed by atoms with Gasteiger partial charge >= 0.3 is 0 Å². The number of hydrogen-bond acceptors (Lipinski definition) is 2. The third kappa shape index (κ3) is 3.63. The van der Waals surface area contributed by atoms with Gasteiger partial charge in [-0.05, 0) is 35.9 Å². The van der Waals surface area contributed by atoms with Crippen molar-refractivity contribution in [3.63, 3.8) is 0 Å². The zero-order valence-corrected chi connectivity index (χ0v) is 13.0. The number of anilines is 1. The van der Waals surface area contributed by atoms with Gasteiger partial charge in [0.25, 0.3) is 0 Å². The van der Waals surface area contributed by atoms with Crippen LogP contribution in [0.5, 0.6) is 0 Å². The van der Waals surface area contributed by atoms with Gasteiger partial charge in [0.05, 0.1) is 16.1 Å². The van der Waals surface area contributed by atoms with E-state index in [1.807, 2.05) is 18.2 Å². The monoisotopic (exact) mass is 359 g/mol. The first kappa shape index (κ1) is 14.7. The molecule has 0 saturated carbocycles. The minimum Gasteiger partial charge on any atom is -0.398 e. The van der Waals surface area contributed by atoms with Crippen LogP contribution in [0, 0.1) is 0 Å². The van der Waals surface area contributed by atoms with E-state index in [-0.39, 0.29) is 0 Å². The lowest BCUT2D eigenvalue weighted by atomic mass is 10.0. The number of aliphatic hydroxyl groups excluding tert-OH is 1. The number of nitrogens with two attached hydrogens (primary N) is 1. The summed E-state index contributed by atoms with van der Waals surface area (Å²) in [4.78, 5) is 0. The van der Waals surface area contributed by atoms with Crippen molar-refractivity contribution in [3.8, 4) is 0 Å². The number of rotatable bonds is 3. The van der Waals surface area contributed by atoms with Gasteiger partial charge in [-0.2, -0.15) is 0 Å². The number of benzene rings is 2. The Balaban J connectivity index is 2.22. The Morgan fingerprint density at radius 1 is 1.11 bits per heavy atom. The van der Waals surface area contributed by atoms with Crippen LogP contribution in [0.15, 0.2) is 40.9 Å². The zero-order valence-electron chi connectivity index (χ0n) is 9.91. The summed E-state index contributed by atoms with van der Waals surface area (Å²) in [6, 6.07) is 10.7. The van der Waals surface area contributed by atoms with Gasteiger partial charge in [-0.15, -0.1) is 0 Å². The molecule has 0 radical (unpaired) electrons. The van der Waals surface area contributed by atoms with Gasteiger partial charge in [0.1, 0.15) is 0 Å². The zero-order chi connectivity index (χ0) is 14.0. The topological polar surface area (TPSA) is 46.2 Å². The van der Waals surface area contributed by atoms with Crippen LogP contribution >= 0.6 is 39.1 Å². The molecule has 19 heavy (non-hydrogen) atoms. The molecule has 0 aliphatic heterocycles. The van der Waals surface area contributed by atoms with E-state index in [1.54, 1.807) is 18.2 Å². The number of nitrogen functional groups attached to an aromatic ring is 1. The normalized spacial score (nSPS) is 12.4. The van der Waals surface area contributed by atoms with Crippen LogP contribution in [0.4, 0.5) is 5.69 Å². The summed E-state index contributed by atoms with van der Waals surface area (Å²) in [5.41, 5.74) is 8.03. The number of aliphatic hydroxyl groups is 1. The van der Waals surface area contributed by atoms with Crippen molar-refractivity contribution in [2.24, 2.45) is 0 Å². The lowest BCUT2D eigenvalue weighted by Gasteiger charge is -2.14. The molecule has 0 aliphatic carbocycles. The fourth-order valence-electron chi connectivity index (χ4n) is 1.83. The average molecular weight is 361 g/mol. The third-order valence-corrected chi connectivity index (χ3v) is 4.05. The van der Waals surface area contributed by atoms with Crippen molar-refractivity contribution < 1.29 is 5.11 Å². The molecule has 0 aromatic heterocycles. The van der Waals surface area contributed by atoms with E-state index in [4.69, 9.17) is 28.9 Å². The van der Waals surface area contributed by atoms with Gasteiger partial charge in [0.2, 0.25) is 0 Å². The fourth-order valence-corrected chi connectivity index (χ4v) is 2.53. The molecular formula is C14H12BrCl2NO. The molecule has 0 fully saturated rings. The standard InChI is InChI=1S/C14H12BrCl2NO/c15-9-2-4-13(18)10(7-9)14(19)6-8-1-3-11(16)12(17)5-8/h1-5,7,14,19H,6,18H2. The molecule has 2 nitrogen and oxygen atoms in total. The lowest BCUT2D eigenvalue weighted by molar-refractivity contribution is 0.179. The second-order valence-corrected chi connectivity index (χ2v) is 5.97. The molecule has 0 bridgehead atoms. The van der Waals surface area contributed by atoms with Crippen LogP contribution in [0.25, 0.3) is 0 Å². The molecule has 5 heteroatoms. The van der Waals surface area contributed by atoms with Gasteiger partial charge in [-0.25, -0.2) is 0 Å². The van der Waals surface area contributed by atoms with Crippen LogP contribution < -0.4 is 5.73 Å². The highest BCUT2D eigenvalue weighted by molar-refractivity contribution is 9.10. The van der Waals surface area contributed by atoms with Crippen molar-refractivity contribution in [2.45, 2.75) is 12.5 Å². The SMILES string of the molecule is Nc1ccc(Br)cc1C(O)Cc1ccc(Cl)c(Cl)c1. The Kier molecular flexibility index (Phi) is 4.74. The Labute approximate surface area is 130 Å². The number of hydrogen-bond donors (Lipinski definition) is 2. The third-order valence-electron chi connectivity index (χ3n) is 2.82. The maximum absolute atomic E-state index is 10.3. The molecule has 100 valence electrons. The number of halogens is 3. The van der Waals surface area contributed by atoms with Crippen LogP contribution in [-0.4, -0.2) is 5.11 Å². The van der Waals surface area contributed by atoms with Gasteiger partial charge in [0.15, 0.2) is 0 Å². The molecule has 0 saturated heterocycles. The van der Waals surface area contributed by atoms with E-state index in [9.17, 15) is 5.11 Å². The molecular weight excluding hydrogens is 349 g/mol. The van der Waals surface area contributed by atoms with E-state index in [2.05, 4.69) is 15.9 Å². The molecule has 3 N–H and O–H groups in total. The van der Waals surface area contributed by atoms with Crippen molar-refractivity contribution in [3.05, 3.63) is 62.0 Å². The van der Waals surface area contributed by atoms with Crippen LogP contribution in [-0.2, 0) is 6.42 Å². The van der Waals surface area contributed by atoms with Gasteiger partial charge in [0, 0.05) is 22.1 Å². The highest BCUT2D eigenvalue weighted by Gasteiger charge is 2.13. The van der Waals surface area contributed by atoms with Crippen molar-refractivity contribution >= 4 is 44.8 Å². The second-order valence-electron chi connectivity index (χ2n) is 4.24. The molecule has 2 aromatic rings. The molecule has 1 atom stereocenters. The Hall–Kier alpha value is -0.740. The van der Waals surface area contributed by atoms with Crippen molar-refractivity contribution in [2.75, 3.05) is 5.73 Å². The summed E-state index contributed by atoms with van der Waals surface area (Å²) in [6.07, 6.45) is -0.257. The van der Waals surface area contributed by atoms with Crippen LogP contribution in [0.3, 0.4) is 0 Å². The first-order chi connectivity index (χ1) is 8.97. The molecule has 0 amide bonds. The average Bonchev–Trinajstić information content (AvgIpc) is 2.36. The van der Waals surface area contributed by atoms with Gasteiger partial charge in [-0.3, -0.25) is 0 Å². The summed E-state index contributed by atoms with van der Waals surface area (Å²) >= 11 is 15.2. The van der Waals surface area contributed by atoms with E-state index < -0.39 is 6.10 Å². The van der Waals surface area contributed by atoms with Gasteiger partial charge < -0.3 is 10.8 Å². The smallest absolute Gasteiger partial charge is 0.0850 e. The second kappa shape index (κ2) is 6.14. The van der Waals surface area contributed by atoms with E-state index in [0.717, 1.165) is 10.0 Å². The Morgan fingerprint density at radius 3 is 2.53 bits per heavy atom. The fraction of sp³-hybridized carbons (Fsp3) is 0.143. The van der Waals surface area contributed by atoms with E-state index in [0.29, 0.717) is 27.7 Å². The van der Waals surface area contributed by atoms with Crippen molar-refractivity contribution in [1.29, 1.82) is 0 Å². The summed E-state index contributed by atoms with van der Waals surface area (Å²) < 4.78 is 0.880. The van der Waals surface area contributed by atoms with Crippen LogP contribution in [0.1, 0.15) is 17.2 Å². The first-order valence-corrected chi connectivity index (χ1v) is 7.19. The van der Waals surface area contributed by atoms with Crippen LogP contribution in [0.2, 0.25) is 10.0 Å². The van der Waals surface area contributed by atoms with Gasteiger partial charge in [-0.1, -0.05) is 45.2 Å². The molecule has 0 heterocycles. The first-order valence-electron chi connectivity index (χ1n) is 5.64. The maximum atomic E-state index is 10.3. The summed E-state index contributed by atoms with van der Waals surface area (Å²) in [6.45, 7) is 0. The minimum absolute atomic E-state index is 0.428. The summed E-state index contributed by atoms with van der Waals surface area (Å²) in [5, 5.41) is 11.2. The predicted octanol–water partition coefficient (Wildman–Crippen LogP) is 4.61. The molecule has 1 unspecified atom stereocenters. The predicted molar refractivity (Wildman–Crippen MR) is 83.7 cm³/mol. The van der Waals surface area contributed by atoms with E-state index in [1.165, 1.54) is 0 Å². The quantitative estimate of drug-likeness (QED) is 0.785. The minimum atomic E-state index is -0.685.